The average Bonchev–Trinajstić information content (AvgIpc) is 3.17. The van der Waals surface area contributed by atoms with E-state index in [0.717, 1.165) is 24.8 Å². The van der Waals surface area contributed by atoms with E-state index in [1.165, 1.54) is 16.0 Å². The Labute approximate surface area is 169 Å². The largest absolute Gasteiger partial charge is 0.435 e. The van der Waals surface area contributed by atoms with E-state index in [2.05, 4.69) is 34.2 Å². The Morgan fingerprint density at radius 1 is 1.07 bits per heavy atom. The zero-order chi connectivity index (χ0) is 20.0. The molecule has 1 unspecified atom stereocenters. The molecule has 1 aromatic heterocycles. The van der Waals surface area contributed by atoms with Gasteiger partial charge in [0.15, 0.2) is 0 Å². The average molecular weight is 397 g/mol. The molecule has 0 radical (unpaired) electrons. The number of terminal acetylenes is 1. The Morgan fingerprint density at radius 3 is 2.43 bits per heavy atom. The van der Waals surface area contributed by atoms with Crippen molar-refractivity contribution in [3.63, 3.8) is 0 Å². The molecule has 3 aromatic rings. The van der Waals surface area contributed by atoms with Crippen LogP contribution in [0.3, 0.4) is 0 Å². The van der Waals surface area contributed by atoms with E-state index in [1.54, 1.807) is 35.6 Å². The lowest BCUT2D eigenvalue weighted by molar-refractivity contribution is -0.0498. The van der Waals surface area contributed by atoms with Gasteiger partial charge in [-0.05, 0) is 66.5 Å². The third-order valence-corrected chi connectivity index (χ3v) is 5.93. The fourth-order valence-corrected chi connectivity index (χ4v) is 4.26. The van der Waals surface area contributed by atoms with Crippen molar-refractivity contribution < 1.29 is 13.5 Å². The number of aryl methyl sites for hydroxylation is 1. The molecule has 0 aliphatic rings. The van der Waals surface area contributed by atoms with Gasteiger partial charge in [-0.25, -0.2) is 0 Å². The molecule has 0 saturated heterocycles. The van der Waals surface area contributed by atoms with Gasteiger partial charge in [0.05, 0.1) is 5.41 Å². The molecular weight excluding hydrogens is 374 g/mol. The minimum atomic E-state index is -2.82. The van der Waals surface area contributed by atoms with Crippen molar-refractivity contribution >= 4 is 11.3 Å². The molecule has 0 fully saturated rings. The summed E-state index contributed by atoms with van der Waals surface area (Å²) in [5, 5.41) is 2.12. The number of hydrogen-bond acceptors (Lipinski definition) is 2. The monoisotopic (exact) mass is 396 g/mol. The second-order valence-corrected chi connectivity index (χ2v) is 7.86. The molecule has 28 heavy (non-hydrogen) atoms. The molecule has 0 amide bonds. The molecule has 1 atom stereocenters. The fraction of sp³-hybridized carbons (Fsp3) is 0.250. The van der Waals surface area contributed by atoms with Gasteiger partial charge in [-0.2, -0.15) is 8.78 Å². The first-order valence-electron chi connectivity index (χ1n) is 9.17. The first-order valence-corrected chi connectivity index (χ1v) is 10.0. The van der Waals surface area contributed by atoms with Crippen LogP contribution < -0.4 is 4.74 Å². The summed E-state index contributed by atoms with van der Waals surface area (Å²) >= 11 is 1.77. The molecule has 4 heteroatoms. The lowest BCUT2D eigenvalue weighted by Crippen LogP contribution is -2.19. The first kappa shape index (κ1) is 20.1. The summed E-state index contributed by atoms with van der Waals surface area (Å²) < 4.78 is 29.1. The summed E-state index contributed by atoms with van der Waals surface area (Å²) in [6.07, 6.45) is 8.54. The number of ether oxygens (including phenoxy) is 1. The lowest BCUT2D eigenvalue weighted by atomic mass is 9.79. The predicted octanol–water partition coefficient (Wildman–Crippen LogP) is 6.93. The summed E-state index contributed by atoms with van der Waals surface area (Å²) in [5.41, 5.74) is 2.99. The van der Waals surface area contributed by atoms with Crippen LogP contribution in [0.25, 0.3) is 11.1 Å². The number of benzene rings is 2. The molecule has 0 aliphatic carbocycles. The third-order valence-electron chi connectivity index (χ3n) is 4.95. The van der Waals surface area contributed by atoms with Crippen molar-refractivity contribution in [2.75, 3.05) is 0 Å². The standard InChI is InChI=1S/C24H22F2OS/c1-3-24(2,19-11-13-20(14-12-19)27-23(25)26)16-7-10-22-21(15-17-28-22)18-8-5-4-6-9-18/h1,4-6,8-9,11-15,17,23H,7,10,16H2,2H3. The van der Waals surface area contributed by atoms with Gasteiger partial charge in [0, 0.05) is 4.88 Å². The van der Waals surface area contributed by atoms with Crippen molar-refractivity contribution in [1.82, 2.24) is 0 Å². The van der Waals surface area contributed by atoms with Crippen LogP contribution in [0.5, 0.6) is 5.75 Å². The SMILES string of the molecule is C#CC(C)(CCCc1sccc1-c1ccccc1)c1ccc(OC(F)F)cc1. The molecule has 0 saturated carbocycles. The Morgan fingerprint density at radius 2 is 1.79 bits per heavy atom. The van der Waals surface area contributed by atoms with Gasteiger partial charge in [-0.15, -0.1) is 17.8 Å². The summed E-state index contributed by atoms with van der Waals surface area (Å²) in [6, 6.07) is 19.2. The van der Waals surface area contributed by atoms with Crippen molar-refractivity contribution in [3.8, 4) is 29.2 Å². The van der Waals surface area contributed by atoms with Crippen molar-refractivity contribution in [2.24, 2.45) is 0 Å². The number of rotatable bonds is 8. The molecule has 3 rings (SSSR count). The van der Waals surface area contributed by atoms with E-state index in [1.807, 2.05) is 25.1 Å². The maximum atomic E-state index is 12.3. The molecule has 1 nitrogen and oxygen atoms in total. The van der Waals surface area contributed by atoms with E-state index in [9.17, 15) is 8.78 Å². The van der Waals surface area contributed by atoms with Crippen LogP contribution in [-0.4, -0.2) is 6.61 Å². The maximum Gasteiger partial charge on any atom is 0.387 e. The van der Waals surface area contributed by atoms with Crippen LogP contribution in [-0.2, 0) is 11.8 Å². The maximum absolute atomic E-state index is 12.3. The van der Waals surface area contributed by atoms with Crippen LogP contribution >= 0.6 is 11.3 Å². The minimum absolute atomic E-state index is 0.143. The van der Waals surface area contributed by atoms with Gasteiger partial charge >= 0.3 is 6.61 Å². The van der Waals surface area contributed by atoms with Crippen molar-refractivity contribution in [1.29, 1.82) is 0 Å². The highest BCUT2D eigenvalue weighted by Gasteiger charge is 2.24. The zero-order valence-corrected chi connectivity index (χ0v) is 16.5. The normalized spacial score (nSPS) is 13.1. The zero-order valence-electron chi connectivity index (χ0n) is 15.7. The first-order chi connectivity index (χ1) is 13.5. The molecule has 0 aliphatic heterocycles. The Kier molecular flexibility index (Phi) is 6.49. The lowest BCUT2D eigenvalue weighted by Gasteiger charge is -2.24. The van der Waals surface area contributed by atoms with Gasteiger partial charge in [-0.1, -0.05) is 48.4 Å². The molecule has 2 aromatic carbocycles. The van der Waals surface area contributed by atoms with Crippen LogP contribution in [0.2, 0.25) is 0 Å². The summed E-state index contributed by atoms with van der Waals surface area (Å²) in [4.78, 5) is 1.35. The smallest absolute Gasteiger partial charge is 0.387 e. The Hall–Kier alpha value is -2.64. The topological polar surface area (TPSA) is 9.23 Å². The second-order valence-electron chi connectivity index (χ2n) is 6.86. The highest BCUT2D eigenvalue weighted by atomic mass is 32.1. The molecular formula is C24H22F2OS. The van der Waals surface area contributed by atoms with E-state index >= 15 is 0 Å². The number of halogens is 2. The summed E-state index contributed by atoms with van der Waals surface area (Å²) in [5.74, 6) is 3.04. The number of hydrogen-bond donors (Lipinski definition) is 0. The Bertz CT molecular complexity index is 925. The van der Waals surface area contributed by atoms with E-state index < -0.39 is 12.0 Å². The third kappa shape index (κ3) is 4.79. The van der Waals surface area contributed by atoms with Crippen LogP contribution in [0.4, 0.5) is 8.78 Å². The van der Waals surface area contributed by atoms with E-state index in [0.29, 0.717) is 0 Å². The van der Waals surface area contributed by atoms with E-state index in [4.69, 9.17) is 6.42 Å². The molecule has 0 spiro atoms. The van der Waals surface area contributed by atoms with Crippen molar-refractivity contribution in [2.45, 2.75) is 38.2 Å². The van der Waals surface area contributed by atoms with Crippen LogP contribution in [0, 0.1) is 12.3 Å². The van der Waals surface area contributed by atoms with Crippen molar-refractivity contribution in [3.05, 3.63) is 76.5 Å². The Balaban J connectivity index is 1.66. The van der Waals surface area contributed by atoms with Crippen LogP contribution in [0.15, 0.2) is 66.0 Å². The molecule has 144 valence electrons. The van der Waals surface area contributed by atoms with Crippen LogP contribution in [0.1, 0.15) is 30.2 Å². The van der Waals surface area contributed by atoms with Gasteiger partial charge in [0.2, 0.25) is 0 Å². The number of alkyl halides is 2. The van der Waals surface area contributed by atoms with Gasteiger partial charge in [-0.3, -0.25) is 0 Å². The highest BCUT2D eigenvalue weighted by molar-refractivity contribution is 7.10. The van der Waals surface area contributed by atoms with Gasteiger partial charge in [0.1, 0.15) is 5.75 Å². The second kappa shape index (κ2) is 9.03. The predicted molar refractivity (Wildman–Crippen MR) is 112 cm³/mol. The molecule has 1 heterocycles. The fourth-order valence-electron chi connectivity index (χ4n) is 3.32. The van der Waals surface area contributed by atoms with Gasteiger partial charge in [0.25, 0.3) is 0 Å². The van der Waals surface area contributed by atoms with E-state index in [-0.39, 0.29) is 5.75 Å². The highest BCUT2D eigenvalue weighted by Crippen LogP contribution is 2.33. The minimum Gasteiger partial charge on any atom is -0.435 e. The molecule has 0 bridgehead atoms. The number of thiophene rings is 1. The quantitative estimate of drug-likeness (QED) is 0.375. The summed E-state index contributed by atoms with van der Waals surface area (Å²) in [6.45, 7) is -0.808. The summed E-state index contributed by atoms with van der Waals surface area (Å²) in [7, 11) is 0. The van der Waals surface area contributed by atoms with Gasteiger partial charge < -0.3 is 4.74 Å². The molecule has 0 N–H and O–H groups in total.